The number of hydrogen-bond acceptors (Lipinski definition) is 4. The van der Waals surface area contributed by atoms with Gasteiger partial charge in [-0.05, 0) is 33.8 Å². The van der Waals surface area contributed by atoms with Gasteiger partial charge in [0.25, 0.3) is 0 Å². The van der Waals surface area contributed by atoms with Gasteiger partial charge in [0.05, 0.1) is 17.8 Å². The zero-order valence-corrected chi connectivity index (χ0v) is 11.9. The smallest absolute Gasteiger partial charge is 0.126 e. The first-order chi connectivity index (χ1) is 8.54. The standard InChI is InChI=1S/C8H7BO2.C6H14O2/c9-6-1-2-7-5(8(6)10)3-4-11-7;1-5(2,7)6(3,4)8/h1-2,10H,3-4H2;7-8H,1-4H3. The zero-order valence-electron chi connectivity index (χ0n) is 11.9. The van der Waals surface area contributed by atoms with E-state index in [1.54, 1.807) is 39.8 Å². The molecular weight excluding hydrogens is 243 g/mol. The van der Waals surface area contributed by atoms with Gasteiger partial charge < -0.3 is 20.1 Å². The molecule has 0 unspecified atom stereocenters. The SMILES string of the molecule is CC(C)(O)C(C)(C)O.[B]c1ccc2c(c1O)CCO2. The van der Waals surface area contributed by atoms with Crippen LogP contribution in [0.5, 0.6) is 11.5 Å². The van der Waals surface area contributed by atoms with E-state index in [-0.39, 0.29) is 5.75 Å². The number of benzene rings is 1. The fourth-order valence-electron chi connectivity index (χ4n) is 1.28. The molecule has 0 saturated carbocycles. The maximum atomic E-state index is 9.41. The Morgan fingerprint density at radius 2 is 1.63 bits per heavy atom. The average Bonchev–Trinajstić information content (AvgIpc) is 2.70. The highest BCUT2D eigenvalue weighted by molar-refractivity contribution is 6.34. The van der Waals surface area contributed by atoms with Gasteiger partial charge in [-0.3, -0.25) is 0 Å². The van der Waals surface area contributed by atoms with E-state index >= 15 is 0 Å². The van der Waals surface area contributed by atoms with Crippen LogP contribution in [0, 0.1) is 0 Å². The van der Waals surface area contributed by atoms with E-state index in [2.05, 4.69) is 0 Å². The predicted molar refractivity (Wildman–Crippen MR) is 75.3 cm³/mol. The van der Waals surface area contributed by atoms with Gasteiger partial charge in [-0.1, -0.05) is 11.5 Å². The maximum absolute atomic E-state index is 9.41. The molecule has 1 heterocycles. The van der Waals surface area contributed by atoms with Gasteiger partial charge in [-0.25, -0.2) is 0 Å². The normalized spacial score (nSPS) is 14.2. The second kappa shape index (κ2) is 5.43. The number of ether oxygens (including phenoxy) is 1. The van der Waals surface area contributed by atoms with Crippen LogP contribution in [0.1, 0.15) is 33.3 Å². The summed E-state index contributed by atoms with van der Waals surface area (Å²) in [5, 5.41) is 27.6. The number of phenols is 1. The first kappa shape index (κ1) is 15.9. The van der Waals surface area contributed by atoms with E-state index in [1.807, 2.05) is 0 Å². The Kier molecular flexibility index (Phi) is 4.53. The molecule has 2 rings (SSSR count). The predicted octanol–water partition coefficient (Wildman–Crippen LogP) is 0.649. The number of aromatic hydroxyl groups is 1. The van der Waals surface area contributed by atoms with Crippen molar-refractivity contribution >= 4 is 13.3 Å². The maximum Gasteiger partial charge on any atom is 0.126 e. The topological polar surface area (TPSA) is 69.9 Å². The van der Waals surface area contributed by atoms with E-state index in [0.29, 0.717) is 12.1 Å². The molecule has 19 heavy (non-hydrogen) atoms. The third-order valence-electron chi connectivity index (χ3n) is 3.38. The molecule has 1 aromatic carbocycles. The van der Waals surface area contributed by atoms with Crippen molar-refractivity contribution in [1.82, 2.24) is 0 Å². The molecule has 3 N–H and O–H groups in total. The van der Waals surface area contributed by atoms with Gasteiger partial charge in [0.1, 0.15) is 19.3 Å². The lowest BCUT2D eigenvalue weighted by Crippen LogP contribution is -2.44. The molecule has 4 nitrogen and oxygen atoms in total. The van der Waals surface area contributed by atoms with Gasteiger partial charge in [-0.2, -0.15) is 0 Å². The fraction of sp³-hybridized carbons (Fsp3) is 0.571. The van der Waals surface area contributed by atoms with E-state index in [4.69, 9.17) is 22.8 Å². The van der Waals surface area contributed by atoms with Crippen LogP contribution in [0.25, 0.3) is 0 Å². The van der Waals surface area contributed by atoms with Crippen molar-refractivity contribution in [2.45, 2.75) is 45.3 Å². The average molecular weight is 264 g/mol. The summed E-state index contributed by atoms with van der Waals surface area (Å²) in [4.78, 5) is 0. The molecule has 2 radical (unpaired) electrons. The summed E-state index contributed by atoms with van der Waals surface area (Å²) in [6.45, 7) is 6.95. The minimum atomic E-state index is -1.01. The molecule has 0 fully saturated rings. The highest BCUT2D eigenvalue weighted by atomic mass is 16.5. The van der Waals surface area contributed by atoms with Crippen LogP contribution in [0.2, 0.25) is 0 Å². The fourth-order valence-corrected chi connectivity index (χ4v) is 1.28. The second-order valence-corrected chi connectivity index (χ2v) is 5.70. The van der Waals surface area contributed by atoms with E-state index < -0.39 is 11.2 Å². The van der Waals surface area contributed by atoms with Gasteiger partial charge >= 0.3 is 0 Å². The molecule has 0 aromatic heterocycles. The number of rotatable bonds is 1. The third kappa shape index (κ3) is 3.88. The zero-order chi connectivity index (χ0) is 14.8. The van der Waals surface area contributed by atoms with Crippen LogP contribution >= 0.6 is 0 Å². The van der Waals surface area contributed by atoms with Crippen molar-refractivity contribution < 1.29 is 20.1 Å². The Labute approximate surface area is 115 Å². The lowest BCUT2D eigenvalue weighted by Gasteiger charge is -2.31. The molecule has 0 saturated heterocycles. The van der Waals surface area contributed by atoms with Crippen LogP contribution in [0.3, 0.4) is 0 Å². The number of aliphatic hydroxyl groups is 2. The Balaban J connectivity index is 0.000000203. The van der Waals surface area contributed by atoms with E-state index in [9.17, 15) is 5.11 Å². The summed E-state index contributed by atoms with van der Waals surface area (Å²) >= 11 is 0. The minimum Gasteiger partial charge on any atom is -0.508 e. The quantitative estimate of drug-likeness (QED) is 0.651. The van der Waals surface area contributed by atoms with Gasteiger partial charge in [0.15, 0.2) is 0 Å². The van der Waals surface area contributed by atoms with Crippen LogP contribution in [-0.2, 0) is 6.42 Å². The lowest BCUT2D eigenvalue weighted by atomic mass is 9.90. The Morgan fingerprint density at radius 3 is 2.11 bits per heavy atom. The van der Waals surface area contributed by atoms with Gasteiger partial charge in [0.2, 0.25) is 0 Å². The second-order valence-electron chi connectivity index (χ2n) is 5.70. The summed E-state index contributed by atoms with van der Waals surface area (Å²) < 4.78 is 5.22. The third-order valence-corrected chi connectivity index (χ3v) is 3.38. The molecule has 0 spiro atoms. The molecule has 1 aliphatic heterocycles. The first-order valence-corrected chi connectivity index (χ1v) is 6.22. The van der Waals surface area contributed by atoms with Gasteiger partial charge in [0, 0.05) is 12.0 Å². The number of hydrogen-bond donors (Lipinski definition) is 3. The molecular formula is C14H21BO4. The summed E-state index contributed by atoms with van der Waals surface area (Å²) in [5.41, 5.74) is -0.751. The molecule has 0 bridgehead atoms. The largest absolute Gasteiger partial charge is 0.508 e. The van der Waals surface area contributed by atoms with Crippen molar-refractivity contribution in [3.8, 4) is 11.5 Å². The Hall–Kier alpha value is -1.20. The molecule has 5 heteroatoms. The Bertz CT molecular complexity index is 432. The van der Waals surface area contributed by atoms with Crippen molar-refractivity contribution in [2.24, 2.45) is 0 Å². The van der Waals surface area contributed by atoms with Crippen molar-refractivity contribution in [3.05, 3.63) is 17.7 Å². The van der Waals surface area contributed by atoms with Crippen molar-refractivity contribution in [3.63, 3.8) is 0 Å². The van der Waals surface area contributed by atoms with Gasteiger partial charge in [-0.15, -0.1) is 0 Å². The van der Waals surface area contributed by atoms with Crippen molar-refractivity contribution in [1.29, 1.82) is 0 Å². The summed E-state index contributed by atoms with van der Waals surface area (Å²) in [6, 6.07) is 3.44. The van der Waals surface area contributed by atoms with Crippen molar-refractivity contribution in [2.75, 3.05) is 6.61 Å². The highest BCUT2D eigenvalue weighted by Gasteiger charge is 2.31. The molecule has 1 aromatic rings. The van der Waals surface area contributed by atoms with Crippen LogP contribution < -0.4 is 10.2 Å². The first-order valence-electron chi connectivity index (χ1n) is 6.22. The van der Waals surface area contributed by atoms with E-state index in [1.165, 1.54) is 0 Å². The van der Waals surface area contributed by atoms with Crippen LogP contribution in [-0.4, -0.2) is 41.0 Å². The molecule has 0 amide bonds. The Morgan fingerprint density at radius 1 is 1.11 bits per heavy atom. The summed E-state index contributed by atoms with van der Waals surface area (Å²) in [7, 11) is 5.49. The van der Waals surface area contributed by atoms with Crippen LogP contribution in [0.15, 0.2) is 12.1 Å². The molecule has 1 aliphatic rings. The number of phenolic OH excluding ortho intramolecular Hbond substituents is 1. The molecule has 0 aliphatic carbocycles. The molecule has 104 valence electrons. The monoisotopic (exact) mass is 264 g/mol. The number of fused-ring (bicyclic) bond motifs is 1. The molecule has 0 atom stereocenters. The lowest BCUT2D eigenvalue weighted by molar-refractivity contribution is -0.107. The highest BCUT2D eigenvalue weighted by Crippen LogP contribution is 2.30. The van der Waals surface area contributed by atoms with Crippen LogP contribution in [0.4, 0.5) is 0 Å². The summed E-state index contributed by atoms with van der Waals surface area (Å²) in [6.07, 6.45) is 0.756. The van der Waals surface area contributed by atoms with E-state index in [0.717, 1.165) is 17.7 Å². The summed E-state index contributed by atoms with van der Waals surface area (Å²) in [5.74, 6) is 0.941. The minimum absolute atomic E-state index is 0.181.